The van der Waals surface area contributed by atoms with Gasteiger partial charge in [0.2, 0.25) is 0 Å². The second kappa shape index (κ2) is 4.44. The van der Waals surface area contributed by atoms with Crippen LogP contribution in [0.3, 0.4) is 0 Å². The van der Waals surface area contributed by atoms with E-state index in [1.165, 1.54) is 12.5 Å². The molecule has 0 aliphatic carbocycles. The third kappa shape index (κ3) is 2.18. The van der Waals surface area contributed by atoms with Gasteiger partial charge in [0.25, 0.3) is 0 Å². The van der Waals surface area contributed by atoms with Crippen molar-refractivity contribution < 1.29 is 14.9 Å². The van der Waals surface area contributed by atoms with Crippen LogP contribution >= 0.6 is 0 Å². The van der Waals surface area contributed by atoms with Gasteiger partial charge in [0.05, 0.1) is 12.2 Å². The molecule has 4 heteroatoms. The molecule has 2 aliphatic rings. The van der Waals surface area contributed by atoms with E-state index in [4.69, 9.17) is 4.74 Å². The Kier molecular flexibility index (Phi) is 2.92. The van der Waals surface area contributed by atoms with Crippen LogP contribution in [-0.2, 0) is 4.74 Å². The Bertz CT molecular complexity index is 428. The predicted molar refractivity (Wildman–Crippen MR) is 67.6 cm³/mol. The van der Waals surface area contributed by atoms with Gasteiger partial charge in [0.15, 0.2) is 0 Å². The van der Waals surface area contributed by atoms with Gasteiger partial charge in [0, 0.05) is 18.2 Å². The zero-order chi connectivity index (χ0) is 12.7. The van der Waals surface area contributed by atoms with E-state index in [9.17, 15) is 10.2 Å². The number of benzene rings is 1. The van der Waals surface area contributed by atoms with Crippen LogP contribution in [0.4, 0.5) is 0 Å². The number of nitrogens with one attached hydrogen (secondary N) is 1. The molecule has 18 heavy (non-hydrogen) atoms. The number of aromatic hydroxyl groups is 2. The lowest BCUT2D eigenvalue weighted by molar-refractivity contribution is 0.0962. The summed E-state index contributed by atoms with van der Waals surface area (Å²) in [6, 6.07) is 5.20. The molecule has 0 saturated carbocycles. The summed E-state index contributed by atoms with van der Waals surface area (Å²) in [5.41, 5.74) is 0.898. The van der Waals surface area contributed by atoms with Crippen LogP contribution in [0.1, 0.15) is 37.8 Å². The van der Waals surface area contributed by atoms with E-state index in [1.807, 2.05) is 6.92 Å². The van der Waals surface area contributed by atoms with E-state index in [0.29, 0.717) is 18.2 Å². The van der Waals surface area contributed by atoms with Gasteiger partial charge in [-0.3, -0.25) is 0 Å². The molecule has 2 saturated heterocycles. The highest BCUT2D eigenvalue weighted by Crippen LogP contribution is 2.35. The molecular weight excluding hydrogens is 230 g/mol. The quantitative estimate of drug-likeness (QED) is 0.767. The molecule has 0 radical (unpaired) electrons. The molecule has 4 nitrogen and oxygen atoms in total. The molecule has 4 atom stereocenters. The van der Waals surface area contributed by atoms with Crippen LogP contribution < -0.4 is 5.32 Å². The summed E-state index contributed by atoms with van der Waals surface area (Å²) < 4.78 is 5.81. The molecule has 2 heterocycles. The lowest BCUT2D eigenvalue weighted by Gasteiger charge is -2.25. The molecule has 4 unspecified atom stereocenters. The summed E-state index contributed by atoms with van der Waals surface area (Å²) in [6.45, 7) is 2.04. The van der Waals surface area contributed by atoms with Gasteiger partial charge in [-0.05, 0) is 43.9 Å². The Morgan fingerprint density at radius 1 is 1.22 bits per heavy atom. The Hall–Kier alpha value is -1.26. The van der Waals surface area contributed by atoms with Crippen molar-refractivity contribution >= 4 is 0 Å². The predicted octanol–water partition coefficient (Wildman–Crippen LogP) is 2.07. The third-order valence-electron chi connectivity index (χ3n) is 3.99. The average molecular weight is 249 g/mol. The summed E-state index contributed by atoms with van der Waals surface area (Å²) in [7, 11) is 0. The van der Waals surface area contributed by atoms with Crippen LogP contribution in [0.15, 0.2) is 18.2 Å². The SMILES string of the molecule is CC(NC1CC2CCC1O2)c1cc(O)cc(O)c1. The van der Waals surface area contributed by atoms with Crippen LogP contribution in [0.2, 0.25) is 0 Å². The molecule has 3 N–H and O–H groups in total. The first-order chi connectivity index (χ1) is 8.61. The van der Waals surface area contributed by atoms with E-state index < -0.39 is 0 Å². The van der Waals surface area contributed by atoms with E-state index >= 15 is 0 Å². The molecule has 2 fully saturated rings. The van der Waals surface area contributed by atoms with Crippen LogP contribution in [0.25, 0.3) is 0 Å². The highest BCUT2D eigenvalue weighted by atomic mass is 16.5. The van der Waals surface area contributed by atoms with E-state index in [2.05, 4.69) is 5.32 Å². The molecule has 0 aromatic heterocycles. The second-order valence-electron chi connectivity index (χ2n) is 5.39. The van der Waals surface area contributed by atoms with Crippen molar-refractivity contribution in [3.8, 4) is 11.5 Å². The van der Waals surface area contributed by atoms with Crippen LogP contribution in [-0.4, -0.2) is 28.5 Å². The van der Waals surface area contributed by atoms with E-state index in [0.717, 1.165) is 18.4 Å². The molecular formula is C14H19NO3. The topological polar surface area (TPSA) is 61.7 Å². The fraction of sp³-hybridized carbons (Fsp3) is 0.571. The van der Waals surface area contributed by atoms with Gasteiger partial charge in [-0.25, -0.2) is 0 Å². The molecule has 2 bridgehead atoms. The molecule has 3 rings (SSSR count). The lowest BCUT2D eigenvalue weighted by atomic mass is 9.94. The molecule has 98 valence electrons. The fourth-order valence-corrected chi connectivity index (χ4v) is 3.10. The Labute approximate surface area is 107 Å². The normalized spacial score (nSPS) is 31.7. The smallest absolute Gasteiger partial charge is 0.119 e. The zero-order valence-electron chi connectivity index (χ0n) is 10.5. The number of rotatable bonds is 3. The monoisotopic (exact) mass is 249 g/mol. The zero-order valence-corrected chi connectivity index (χ0v) is 10.5. The molecule has 0 spiro atoms. The summed E-state index contributed by atoms with van der Waals surface area (Å²) in [5, 5.41) is 22.5. The van der Waals surface area contributed by atoms with Crippen molar-refractivity contribution in [2.45, 2.75) is 50.5 Å². The van der Waals surface area contributed by atoms with Gasteiger partial charge in [-0.15, -0.1) is 0 Å². The van der Waals surface area contributed by atoms with Gasteiger partial charge >= 0.3 is 0 Å². The first-order valence-corrected chi connectivity index (χ1v) is 6.56. The number of hydrogen-bond acceptors (Lipinski definition) is 4. The summed E-state index contributed by atoms with van der Waals surface area (Å²) in [4.78, 5) is 0. The second-order valence-corrected chi connectivity index (χ2v) is 5.39. The van der Waals surface area contributed by atoms with Crippen LogP contribution in [0.5, 0.6) is 11.5 Å². The minimum atomic E-state index is 0.0935. The standard InChI is InChI=1S/C14H19NO3/c1-8(9-4-10(16)6-11(17)5-9)15-13-7-12-2-3-14(13)18-12/h4-6,8,12-17H,2-3,7H2,1H3. The summed E-state index contributed by atoms with van der Waals surface area (Å²) >= 11 is 0. The van der Waals surface area contributed by atoms with Crippen molar-refractivity contribution in [2.75, 3.05) is 0 Å². The van der Waals surface area contributed by atoms with Crippen molar-refractivity contribution in [1.29, 1.82) is 0 Å². The maximum atomic E-state index is 9.50. The molecule has 1 aromatic rings. The van der Waals surface area contributed by atoms with E-state index in [1.54, 1.807) is 12.1 Å². The van der Waals surface area contributed by atoms with Crippen molar-refractivity contribution in [1.82, 2.24) is 5.32 Å². The van der Waals surface area contributed by atoms with Gasteiger partial charge in [-0.1, -0.05) is 0 Å². The highest BCUT2D eigenvalue weighted by Gasteiger charge is 2.41. The molecule has 0 amide bonds. The maximum absolute atomic E-state index is 9.50. The Morgan fingerprint density at radius 2 is 1.94 bits per heavy atom. The van der Waals surface area contributed by atoms with Crippen molar-refractivity contribution in [2.24, 2.45) is 0 Å². The number of ether oxygens (including phenoxy) is 1. The van der Waals surface area contributed by atoms with Gasteiger partial charge in [-0.2, -0.15) is 0 Å². The first-order valence-electron chi connectivity index (χ1n) is 6.56. The number of fused-ring (bicyclic) bond motifs is 2. The van der Waals surface area contributed by atoms with Crippen molar-refractivity contribution in [3.63, 3.8) is 0 Å². The van der Waals surface area contributed by atoms with Gasteiger partial charge < -0.3 is 20.3 Å². The number of hydrogen-bond donors (Lipinski definition) is 3. The first kappa shape index (κ1) is 11.8. The summed E-state index contributed by atoms with van der Waals surface area (Å²) in [6.07, 6.45) is 4.16. The molecule has 1 aromatic carbocycles. The minimum Gasteiger partial charge on any atom is -0.508 e. The molecule has 2 aliphatic heterocycles. The summed E-state index contributed by atoms with van der Waals surface area (Å²) in [5.74, 6) is 0.200. The maximum Gasteiger partial charge on any atom is 0.119 e. The number of phenols is 2. The lowest BCUT2D eigenvalue weighted by Crippen LogP contribution is -2.38. The van der Waals surface area contributed by atoms with Crippen molar-refractivity contribution in [3.05, 3.63) is 23.8 Å². The fourth-order valence-electron chi connectivity index (χ4n) is 3.10. The Balaban J connectivity index is 1.69. The average Bonchev–Trinajstić information content (AvgIpc) is 2.89. The highest BCUT2D eigenvalue weighted by molar-refractivity contribution is 5.38. The minimum absolute atomic E-state index is 0.0935. The van der Waals surface area contributed by atoms with E-state index in [-0.39, 0.29) is 17.5 Å². The number of phenolic OH excluding ortho intramolecular Hbond substituents is 2. The van der Waals surface area contributed by atoms with Gasteiger partial charge in [0.1, 0.15) is 11.5 Å². The third-order valence-corrected chi connectivity index (χ3v) is 3.99. The largest absolute Gasteiger partial charge is 0.508 e. The Morgan fingerprint density at radius 3 is 2.50 bits per heavy atom. The van der Waals surface area contributed by atoms with Crippen LogP contribution in [0, 0.1) is 0 Å².